The average molecular weight is 471 g/mol. The Kier molecular flexibility index (Phi) is 6.20. The molecule has 172 valence electrons. The van der Waals surface area contributed by atoms with Gasteiger partial charge in [-0.3, -0.25) is 9.59 Å². The molecule has 8 nitrogen and oxygen atoms in total. The average Bonchev–Trinajstić information content (AvgIpc) is 2.68. The van der Waals surface area contributed by atoms with Crippen molar-refractivity contribution in [1.29, 1.82) is 0 Å². The Hall–Kier alpha value is -3.12. The van der Waals surface area contributed by atoms with Gasteiger partial charge in [-0.2, -0.15) is 17.5 Å². The summed E-state index contributed by atoms with van der Waals surface area (Å²) in [6.07, 6.45) is -5.39. The number of nitrogens with zero attached hydrogens (tertiary/aromatic N) is 1. The van der Waals surface area contributed by atoms with Gasteiger partial charge in [0.1, 0.15) is 5.75 Å². The second-order valence-corrected chi connectivity index (χ2v) is 9.26. The standard InChI is InChI=1S/C20H20F3N3O5S/c1-11-7-15-16(31-12(2)19(28)25-15)9-17(11)32(29,30)26(3)10-18(27)24-14-6-4-5-13(8-14)20(21,22)23/h4-9,12H,10H2,1-3H3,(H,24,27)(H,25,28)/t12-/m0/s1. The number of aryl methyl sites for hydroxylation is 1. The molecule has 2 aromatic rings. The van der Waals surface area contributed by atoms with E-state index >= 15 is 0 Å². The predicted octanol–water partition coefficient (Wildman–Crippen LogP) is 2.99. The topological polar surface area (TPSA) is 105 Å². The van der Waals surface area contributed by atoms with Crippen molar-refractivity contribution in [2.75, 3.05) is 24.2 Å². The lowest BCUT2D eigenvalue weighted by Crippen LogP contribution is -2.36. The first kappa shape index (κ1) is 23.5. The van der Waals surface area contributed by atoms with Gasteiger partial charge in [0.05, 0.1) is 22.7 Å². The molecule has 0 aliphatic carbocycles. The van der Waals surface area contributed by atoms with Crippen LogP contribution < -0.4 is 15.4 Å². The van der Waals surface area contributed by atoms with Crippen LogP contribution in [0.4, 0.5) is 24.5 Å². The molecule has 2 N–H and O–H groups in total. The SMILES string of the molecule is Cc1cc2c(cc1S(=O)(=O)N(C)CC(=O)Nc1cccc(C(F)(F)F)c1)O[C@@H](C)C(=O)N2. The monoisotopic (exact) mass is 471 g/mol. The first-order valence-electron chi connectivity index (χ1n) is 9.34. The van der Waals surface area contributed by atoms with Gasteiger partial charge in [0.25, 0.3) is 5.91 Å². The summed E-state index contributed by atoms with van der Waals surface area (Å²) in [5.74, 6) is -1.01. The number of carbonyl (C=O) groups is 2. The molecular formula is C20H20F3N3O5S. The van der Waals surface area contributed by atoms with Gasteiger partial charge < -0.3 is 15.4 Å². The lowest BCUT2D eigenvalue weighted by atomic mass is 10.1. The van der Waals surface area contributed by atoms with Crippen LogP contribution in [0.15, 0.2) is 41.3 Å². The van der Waals surface area contributed by atoms with Crippen LogP contribution in [0.25, 0.3) is 0 Å². The van der Waals surface area contributed by atoms with Crippen LogP contribution in [-0.4, -0.2) is 44.2 Å². The highest BCUT2D eigenvalue weighted by atomic mass is 32.2. The number of nitrogens with one attached hydrogen (secondary N) is 2. The molecule has 32 heavy (non-hydrogen) atoms. The van der Waals surface area contributed by atoms with Crippen molar-refractivity contribution in [3.8, 4) is 5.75 Å². The molecule has 0 unspecified atom stereocenters. The van der Waals surface area contributed by atoms with Crippen molar-refractivity contribution in [2.24, 2.45) is 0 Å². The van der Waals surface area contributed by atoms with Crippen LogP contribution in [-0.2, 0) is 25.8 Å². The van der Waals surface area contributed by atoms with Crippen molar-refractivity contribution < 1.29 is 35.9 Å². The zero-order valence-electron chi connectivity index (χ0n) is 17.3. The molecule has 0 spiro atoms. The van der Waals surface area contributed by atoms with Gasteiger partial charge >= 0.3 is 6.18 Å². The molecule has 0 saturated heterocycles. The maximum absolute atomic E-state index is 13.0. The highest BCUT2D eigenvalue weighted by molar-refractivity contribution is 7.89. The molecular weight excluding hydrogens is 451 g/mol. The predicted molar refractivity (Wildman–Crippen MR) is 110 cm³/mol. The number of hydrogen-bond acceptors (Lipinski definition) is 5. The molecule has 1 atom stereocenters. The summed E-state index contributed by atoms with van der Waals surface area (Å²) in [6.45, 7) is 2.40. The Bertz CT molecular complexity index is 1180. The summed E-state index contributed by atoms with van der Waals surface area (Å²) >= 11 is 0. The van der Waals surface area contributed by atoms with E-state index in [2.05, 4.69) is 10.6 Å². The summed E-state index contributed by atoms with van der Waals surface area (Å²) in [7, 11) is -2.98. The van der Waals surface area contributed by atoms with E-state index in [4.69, 9.17) is 4.74 Å². The Balaban J connectivity index is 1.78. The second-order valence-electron chi connectivity index (χ2n) is 7.25. The number of likely N-dealkylation sites (N-methyl/N-ethyl adjacent to an activating group) is 1. The van der Waals surface area contributed by atoms with E-state index in [1.165, 1.54) is 39.1 Å². The van der Waals surface area contributed by atoms with Crippen molar-refractivity contribution >= 4 is 33.2 Å². The summed E-state index contributed by atoms with van der Waals surface area (Å²) in [4.78, 5) is 23.9. The first-order chi connectivity index (χ1) is 14.8. The molecule has 0 fully saturated rings. The van der Waals surface area contributed by atoms with Crippen molar-refractivity contribution in [3.05, 3.63) is 47.5 Å². The first-order valence-corrected chi connectivity index (χ1v) is 10.8. The number of amides is 2. The molecule has 0 radical (unpaired) electrons. The third-order valence-electron chi connectivity index (χ3n) is 4.74. The number of carbonyl (C=O) groups excluding carboxylic acids is 2. The fraction of sp³-hybridized carbons (Fsp3) is 0.300. The van der Waals surface area contributed by atoms with Crippen molar-refractivity contribution in [3.63, 3.8) is 0 Å². The van der Waals surface area contributed by atoms with Gasteiger partial charge in [-0.05, 0) is 43.7 Å². The molecule has 3 rings (SSSR count). The van der Waals surface area contributed by atoms with E-state index in [-0.39, 0.29) is 22.2 Å². The van der Waals surface area contributed by atoms with Gasteiger partial charge in [0.15, 0.2) is 6.10 Å². The molecule has 2 amide bonds. The number of anilines is 2. The minimum absolute atomic E-state index is 0.112. The fourth-order valence-electron chi connectivity index (χ4n) is 3.05. The summed E-state index contributed by atoms with van der Waals surface area (Å²) in [6, 6.07) is 6.72. The Morgan fingerprint density at radius 1 is 1.25 bits per heavy atom. The summed E-state index contributed by atoms with van der Waals surface area (Å²) in [5.41, 5.74) is -0.414. The number of sulfonamides is 1. The molecule has 12 heteroatoms. The quantitative estimate of drug-likeness (QED) is 0.698. The normalized spacial score (nSPS) is 16.2. The smallest absolute Gasteiger partial charge is 0.416 e. The maximum atomic E-state index is 13.0. The van der Waals surface area contributed by atoms with Gasteiger partial charge in [0.2, 0.25) is 15.9 Å². The zero-order chi connectivity index (χ0) is 23.8. The molecule has 1 aliphatic rings. The zero-order valence-corrected chi connectivity index (χ0v) is 18.1. The number of alkyl halides is 3. The minimum atomic E-state index is -4.58. The summed E-state index contributed by atoms with van der Waals surface area (Å²) in [5, 5.41) is 4.88. The van der Waals surface area contributed by atoms with Gasteiger partial charge in [0, 0.05) is 18.8 Å². The van der Waals surface area contributed by atoms with E-state index in [0.717, 1.165) is 22.5 Å². The van der Waals surface area contributed by atoms with E-state index in [0.29, 0.717) is 11.3 Å². The largest absolute Gasteiger partial charge is 0.479 e. The van der Waals surface area contributed by atoms with Crippen LogP contribution in [0.5, 0.6) is 5.75 Å². The van der Waals surface area contributed by atoms with Gasteiger partial charge in [-0.25, -0.2) is 8.42 Å². The number of ether oxygens (including phenoxy) is 1. The lowest BCUT2D eigenvalue weighted by molar-refractivity contribution is -0.137. The van der Waals surface area contributed by atoms with E-state index < -0.39 is 40.3 Å². The number of hydrogen-bond donors (Lipinski definition) is 2. The van der Waals surface area contributed by atoms with Crippen molar-refractivity contribution in [1.82, 2.24) is 4.31 Å². The number of fused-ring (bicyclic) bond motifs is 1. The van der Waals surface area contributed by atoms with Crippen LogP contribution in [0.2, 0.25) is 0 Å². The Labute approximate surface area is 182 Å². The second kappa shape index (κ2) is 8.43. The highest BCUT2D eigenvalue weighted by Gasteiger charge is 2.32. The third kappa shape index (κ3) is 4.86. The van der Waals surface area contributed by atoms with E-state index in [1.54, 1.807) is 0 Å². The molecule has 1 heterocycles. The minimum Gasteiger partial charge on any atom is -0.479 e. The fourth-order valence-corrected chi connectivity index (χ4v) is 4.39. The van der Waals surface area contributed by atoms with Crippen LogP contribution >= 0.6 is 0 Å². The number of benzene rings is 2. The van der Waals surface area contributed by atoms with E-state index in [9.17, 15) is 31.2 Å². The number of halogens is 3. The number of rotatable bonds is 5. The molecule has 0 aromatic heterocycles. The molecule has 0 saturated carbocycles. The Morgan fingerprint density at radius 3 is 2.59 bits per heavy atom. The molecule has 2 aromatic carbocycles. The highest BCUT2D eigenvalue weighted by Crippen LogP contribution is 2.35. The van der Waals surface area contributed by atoms with E-state index in [1.807, 2.05) is 0 Å². The molecule has 0 bridgehead atoms. The van der Waals surface area contributed by atoms with Gasteiger partial charge in [-0.1, -0.05) is 6.07 Å². The van der Waals surface area contributed by atoms with Crippen LogP contribution in [0, 0.1) is 6.92 Å². The van der Waals surface area contributed by atoms with Crippen LogP contribution in [0.1, 0.15) is 18.1 Å². The van der Waals surface area contributed by atoms with Gasteiger partial charge in [-0.15, -0.1) is 0 Å². The molecule has 1 aliphatic heterocycles. The maximum Gasteiger partial charge on any atom is 0.416 e. The van der Waals surface area contributed by atoms with Crippen LogP contribution in [0.3, 0.4) is 0 Å². The lowest BCUT2D eigenvalue weighted by Gasteiger charge is -2.25. The Morgan fingerprint density at radius 2 is 1.94 bits per heavy atom. The van der Waals surface area contributed by atoms with Crippen molar-refractivity contribution in [2.45, 2.75) is 31.0 Å². The third-order valence-corrected chi connectivity index (χ3v) is 6.68. The summed E-state index contributed by atoms with van der Waals surface area (Å²) < 4.78 is 70.7.